The van der Waals surface area contributed by atoms with Crippen LogP contribution in [0, 0.1) is 5.41 Å². The van der Waals surface area contributed by atoms with E-state index in [-0.39, 0.29) is 11.9 Å². The molecule has 5 heteroatoms. The molecule has 0 aromatic rings. The van der Waals surface area contributed by atoms with Crippen molar-refractivity contribution in [2.45, 2.75) is 20.8 Å². The highest BCUT2D eigenvalue weighted by Gasteiger charge is 2.32. The summed E-state index contributed by atoms with van der Waals surface area (Å²) in [4.78, 5) is 26.8. The SMILES string of the molecule is COC(=O)C(C)(C)CN1CCN(C(C)=O)CC1. The van der Waals surface area contributed by atoms with Gasteiger partial charge in [-0.3, -0.25) is 14.5 Å². The maximum Gasteiger partial charge on any atom is 0.312 e. The number of carbonyl (C=O) groups excluding carboxylic acids is 2. The summed E-state index contributed by atoms with van der Waals surface area (Å²) in [6.07, 6.45) is 0. The van der Waals surface area contributed by atoms with E-state index in [4.69, 9.17) is 4.74 Å². The van der Waals surface area contributed by atoms with Crippen molar-refractivity contribution in [3.63, 3.8) is 0 Å². The standard InChI is InChI=1S/C12H22N2O3/c1-10(15)14-7-5-13(6-8-14)9-12(2,3)11(16)17-4/h5-9H2,1-4H3. The van der Waals surface area contributed by atoms with Gasteiger partial charge >= 0.3 is 5.97 Å². The first-order valence-electron chi connectivity index (χ1n) is 5.93. The minimum Gasteiger partial charge on any atom is -0.469 e. The molecular formula is C12H22N2O3. The van der Waals surface area contributed by atoms with Gasteiger partial charge in [0.1, 0.15) is 0 Å². The van der Waals surface area contributed by atoms with Crippen molar-refractivity contribution in [1.82, 2.24) is 9.80 Å². The molecule has 1 aliphatic rings. The molecular weight excluding hydrogens is 220 g/mol. The molecule has 0 radical (unpaired) electrons. The van der Waals surface area contributed by atoms with E-state index in [0.29, 0.717) is 6.54 Å². The van der Waals surface area contributed by atoms with Crippen molar-refractivity contribution >= 4 is 11.9 Å². The van der Waals surface area contributed by atoms with Gasteiger partial charge in [0.25, 0.3) is 0 Å². The van der Waals surface area contributed by atoms with Crippen LogP contribution in [0.2, 0.25) is 0 Å². The number of carbonyl (C=O) groups is 2. The number of amides is 1. The number of hydrogen-bond acceptors (Lipinski definition) is 4. The van der Waals surface area contributed by atoms with Gasteiger partial charge in [-0.05, 0) is 13.8 Å². The Labute approximate surface area is 103 Å². The predicted octanol–water partition coefficient (Wildman–Crippen LogP) is 0.350. The van der Waals surface area contributed by atoms with Gasteiger partial charge in [-0.25, -0.2) is 0 Å². The van der Waals surface area contributed by atoms with Crippen LogP contribution in [0.25, 0.3) is 0 Å². The molecule has 0 bridgehead atoms. The van der Waals surface area contributed by atoms with Crippen molar-refractivity contribution in [2.75, 3.05) is 39.8 Å². The van der Waals surface area contributed by atoms with Gasteiger partial charge in [0.15, 0.2) is 0 Å². The van der Waals surface area contributed by atoms with Crippen LogP contribution in [0.5, 0.6) is 0 Å². The highest BCUT2D eigenvalue weighted by atomic mass is 16.5. The lowest BCUT2D eigenvalue weighted by Crippen LogP contribution is -2.51. The number of ether oxygens (including phenoxy) is 1. The fourth-order valence-corrected chi connectivity index (χ4v) is 2.12. The summed E-state index contributed by atoms with van der Waals surface area (Å²) in [5.74, 6) is -0.0663. The second kappa shape index (κ2) is 5.49. The molecule has 0 spiro atoms. The largest absolute Gasteiger partial charge is 0.469 e. The molecule has 0 saturated carbocycles. The molecule has 1 aliphatic heterocycles. The van der Waals surface area contributed by atoms with Gasteiger partial charge in [-0.15, -0.1) is 0 Å². The van der Waals surface area contributed by atoms with E-state index in [9.17, 15) is 9.59 Å². The lowest BCUT2D eigenvalue weighted by atomic mass is 9.92. The normalized spacial score (nSPS) is 18.0. The van der Waals surface area contributed by atoms with Gasteiger partial charge in [0, 0.05) is 39.6 Å². The smallest absolute Gasteiger partial charge is 0.312 e. The van der Waals surface area contributed by atoms with E-state index in [2.05, 4.69) is 4.90 Å². The summed E-state index contributed by atoms with van der Waals surface area (Å²) in [5.41, 5.74) is -0.493. The Balaban J connectivity index is 2.45. The van der Waals surface area contributed by atoms with Crippen molar-refractivity contribution in [1.29, 1.82) is 0 Å². The Morgan fingerprint density at radius 3 is 2.12 bits per heavy atom. The second-order valence-electron chi connectivity index (χ2n) is 5.16. The molecule has 0 aromatic heterocycles. The molecule has 17 heavy (non-hydrogen) atoms. The molecule has 0 N–H and O–H groups in total. The lowest BCUT2D eigenvalue weighted by Gasteiger charge is -2.37. The molecule has 1 heterocycles. The third kappa shape index (κ3) is 3.70. The van der Waals surface area contributed by atoms with Gasteiger partial charge < -0.3 is 9.64 Å². The number of nitrogens with zero attached hydrogens (tertiary/aromatic N) is 2. The minimum atomic E-state index is -0.493. The van der Waals surface area contributed by atoms with E-state index < -0.39 is 5.41 Å². The molecule has 98 valence electrons. The zero-order valence-corrected chi connectivity index (χ0v) is 11.2. The van der Waals surface area contributed by atoms with Gasteiger partial charge in [0.2, 0.25) is 5.91 Å². The number of methoxy groups -OCH3 is 1. The topological polar surface area (TPSA) is 49.9 Å². The third-order valence-electron chi connectivity index (χ3n) is 3.17. The maximum atomic E-state index is 11.6. The minimum absolute atomic E-state index is 0.122. The summed E-state index contributed by atoms with van der Waals surface area (Å²) >= 11 is 0. The van der Waals surface area contributed by atoms with Crippen LogP contribution in [0.4, 0.5) is 0 Å². The van der Waals surface area contributed by atoms with Crippen molar-refractivity contribution in [2.24, 2.45) is 5.41 Å². The summed E-state index contributed by atoms with van der Waals surface area (Å²) < 4.78 is 4.79. The molecule has 5 nitrogen and oxygen atoms in total. The quantitative estimate of drug-likeness (QED) is 0.670. The molecule has 1 saturated heterocycles. The van der Waals surface area contributed by atoms with Crippen molar-refractivity contribution in [3.8, 4) is 0 Å². The zero-order chi connectivity index (χ0) is 13.1. The Kier molecular flexibility index (Phi) is 4.51. The Hall–Kier alpha value is -1.10. The number of hydrogen-bond donors (Lipinski definition) is 0. The molecule has 1 amide bonds. The van der Waals surface area contributed by atoms with E-state index in [1.54, 1.807) is 6.92 Å². The van der Waals surface area contributed by atoms with Gasteiger partial charge in [-0.1, -0.05) is 0 Å². The number of piperazine rings is 1. The van der Waals surface area contributed by atoms with E-state index in [0.717, 1.165) is 26.2 Å². The van der Waals surface area contributed by atoms with Crippen LogP contribution in [0.1, 0.15) is 20.8 Å². The molecule has 0 unspecified atom stereocenters. The molecule has 0 aromatic carbocycles. The Morgan fingerprint density at radius 1 is 1.18 bits per heavy atom. The zero-order valence-electron chi connectivity index (χ0n) is 11.2. The highest BCUT2D eigenvalue weighted by molar-refractivity contribution is 5.76. The Morgan fingerprint density at radius 2 is 1.71 bits per heavy atom. The van der Waals surface area contributed by atoms with Crippen molar-refractivity contribution < 1.29 is 14.3 Å². The summed E-state index contributed by atoms with van der Waals surface area (Å²) in [5, 5.41) is 0. The van der Waals surface area contributed by atoms with Crippen LogP contribution >= 0.6 is 0 Å². The fourth-order valence-electron chi connectivity index (χ4n) is 2.12. The summed E-state index contributed by atoms with van der Waals surface area (Å²) in [6, 6.07) is 0. The van der Waals surface area contributed by atoms with E-state index >= 15 is 0 Å². The second-order valence-corrected chi connectivity index (χ2v) is 5.16. The molecule has 0 atom stereocenters. The average molecular weight is 242 g/mol. The summed E-state index contributed by atoms with van der Waals surface area (Å²) in [6.45, 7) is 9.16. The lowest BCUT2D eigenvalue weighted by molar-refractivity contribution is -0.152. The highest BCUT2D eigenvalue weighted by Crippen LogP contribution is 2.19. The van der Waals surface area contributed by atoms with E-state index in [1.165, 1.54) is 7.11 Å². The molecule has 0 aliphatic carbocycles. The van der Waals surface area contributed by atoms with Gasteiger partial charge in [0.05, 0.1) is 12.5 Å². The third-order valence-corrected chi connectivity index (χ3v) is 3.17. The molecule has 1 rings (SSSR count). The first-order valence-corrected chi connectivity index (χ1v) is 5.93. The molecule has 1 fully saturated rings. The Bertz CT molecular complexity index is 294. The maximum absolute atomic E-state index is 11.6. The first-order chi connectivity index (χ1) is 7.86. The first kappa shape index (κ1) is 14.0. The van der Waals surface area contributed by atoms with Crippen LogP contribution < -0.4 is 0 Å². The van der Waals surface area contributed by atoms with Crippen LogP contribution in [-0.2, 0) is 14.3 Å². The number of esters is 1. The fraction of sp³-hybridized carbons (Fsp3) is 0.833. The summed E-state index contributed by atoms with van der Waals surface area (Å²) in [7, 11) is 1.41. The van der Waals surface area contributed by atoms with Crippen molar-refractivity contribution in [3.05, 3.63) is 0 Å². The monoisotopic (exact) mass is 242 g/mol. The van der Waals surface area contributed by atoms with Gasteiger partial charge in [-0.2, -0.15) is 0 Å². The average Bonchev–Trinajstić information content (AvgIpc) is 2.28. The van der Waals surface area contributed by atoms with Crippen LogP contribution in [-0.4, -0.2) is 61.5 Å². The van der Waals surface area contributed by atoms with E-state index in [1.807, 2.05) is 18.7 Å². The number of rotatable bonds is 3. The van der Waals surface area contributed by atoms with Crippen LogP contribution in [0.3, 0.4) is 0 Å². The predicted molar refractivity (Wildman–Crippen MR) is 64.5 cm³/mol. The van der Waals surface area contributed by atoms with Crippen LogP contribution in [0.15, 0.2) is 0 Å².